The lowest BCUT2D eigenvalue weighted by molar-refractivity contribution is 0.281. The van der Waals surface area contributed by atoms with Gasteiger partial charge in [0.15, 0.2) is 0 Å². The Bertz CT molecular complexity index is 334. The second kappa shape index (κ2) is 5.35. The predicted molar refractivity (Wildman–Crippen MR) is 70.7 cm³/mol. The molecule has 2 nitrogen and oxygen atoms in total. The highest BCUT2D eigenvalue weighted by molar-refractivity contribution is 9.09. The van der Waals surface area contributed by atoms with Gasteiger partial charge in [0, 0.05) is 23.8 Å². The van der Waals surface area contributed by atoms with Crippen LogP contribution in [-0.2, 0) is 13.5 Å². The molecule has 1 fully saturated rings. The van der Waals surface area contributed by atoms with Crippen LogP contribution in [0.3, 0.4) is 0 Å². The summed E-state index contributed by atoms with van der Waals surface area (Å²) in [6.45, 7) is 2.38. The highest BCUT2D eigenvalue weighted by Crippen LogP contribution is 2.36. The Balaban J connectivity index is 1.87. The van der Waals surface area contributed by atoms with E-state index >= 15 is 0 Å². The van der Waals surface area contributed by atoms with Crippen molar-refractivity contribution in [2.75, 3.05) is 0 Å². The van der Waals surface area contributed by atoms with Crippen LogP contribution in [0.1, 0.15) is 38.3 Å². The molecule has 1 aliphatic rings. The summed E-state index contributed by atoms with van der Waals surface area (Å²) < 4.78 is 2.00. The van der Waals surface area contributed by atoms with Crippen molar-refractivity contribution in [2.45, 2.75) is 43.9 Å². The Morgan fingerprint density at radius 3 is 3.00 bits per heavy atom. The average Bonchev–Trinajstić information content (AvgIpc) is 2.66. The van der Waals surface area contributed by atoms with Gasteiger partial charge < -0.3 is 0 Å². The molecule has 0 spiro atoms. The molecule has 3 unspecified atom stereocenters. The van der Waals surface area contributed by atoms with E-state index < -0.39 is 0 Å². The molecule has 0 bridgehead atoms. The van der Waals surface area contributed by atoms with Crippen molar-refractivity contribution < 1.29 is 0 Å². The molecular weight excluding hydrogens is 264 g/mol. The topological polar surface area (TPSA) is 17.8 Å². The monoisotopic (exact) mass is 284 g/mol. The van der Waals surface area contributed by atoms with Crippen molar-refractivity contribution in [2.24, 2.45) is 18.9 Å². The Morgan fingerprint density at radius 2 is 2.31 bits per heavy atom. The first-order valence-electron chi connectivity index (χ1n) is 6.27. The molecule has 3 atom stereocenters. The molecule has 90 valence electrons. The number of nitrogens with zero attached hydrogens (tertiary/aromatic N) is 2. The molecule has 1 heterocycles. The van der Waals surface area contributed by atoms with Crippen LogP contribution in [0.15, 0.2) is 12.3 Å². The van der Waals surface area contributed by atoms with Crippen LogP contribution in [0, 0.1) is 11.8 Å². The van der Waals surface area contributed by atoms with Gasteiger partial charge >= 0.3 is 0 Å². The number of rotatable bonds is 3. The molecule has 0 saturated heterocycles. The van der Waals surface area contributed by atoms with Crippen molar-refractivity contribution in [1.82, 2.24) is 9.78 Å². The van der Waals surface area contributed by atoms with Gasteiger partial charge in [-0.05, 0) is 50.0 Å². The molecule has 0 aromatic carbocycles. The van der Waals surface area contributed by atoms with Crippen molar-refractivity contribution in [3.05, 3.63) is 18.0 Å². The number of hydrogen-bond donors (Lipinski definition) is 0. The van der Waals surface area contributed by atoms with Gasteiger partial charge in [0.25, 0.3) is 0 Å². The zero-order valence-electron chi connectivity index (χ0n) is 10.2. The van der Waals surface area contributed by atoms with Crippen LogP contribution in [0.5, 0.6) is 0 Å². The molecule has 0 amide bonds. The van der Waals surface area contributed by atoms with E-state index in [0.717, 1.165) is 23.1 Å². The van der Waals surface area contributed by atoms with E-state index in [-0.39, 0.29) is 0 Å². The fraction of sp³-hybridized carbons (Fsp3) is 0.769. The maximum atomic E-state index is 4.22. The first-order chi connectivity index (χ1) is 7.66. The van der Waals surface area contributed by atoms with Gasteiger partial charge in [0.05, 0.1) is 0 Å². The summed E-state index contributed by atoms with van der Waals surface area (Å²) in [5.74, 6) is 1.75. The lowest BCUT2D eigenvalue weighted by atomic mass is 9.80. The van der Waals surface area contributed by atoms with Gasteiger partial charge in [-0.15, -0.1) is 0 Å². The number of aryl methyl sites for hydroxylation is 2. The van der Waals surface area contributed by atoms with E-state index in [1.807, 2.05) is 17.9 Å². The van der Waals surface area contributed by atoms with E-state index in [0.29, 0.717) is 0 Å². The molecule has 3 heteroatoms. The summed E-state index contributed by atoms with van der Waals surface area (Å²) in [4.78, 5) is 0.733. The molecule has 1 aliphatic carbocycles. The third-order valence-corrected chi connectivity index (χ3v) is 5.05. The van der Waals surface area contributed by atoms with Gasteiger partial charge in [-0.25, -0.2) is 0 Å². The molecule has 1 aromatic heterocycles. The van der Waals surface area contributed by atoms with Gasteiger partial charge in [-0.2, -0.15) is 5.10 Å². The van der Waals surface area contributed by atoms with Crippen LogP contribution in [-0.4, -0.2) is 14.6 Å². The third-order valence-electron chi connectivity index (χ3n) is 3.85. The molecule has 0 aliphatic heterocycles. The number of aromatic nitrogens is 2. The molecule has 0 N–H and O–H groups in total. The van der Waals surface area contributed by atoms with Gasteiger partial charge in [0.2, 0.25) is 0 Å². The maximum absolute atomic E-state index is 4.22. The minimum atomic E-state index is 0.733. The Labute approximate surface area is 107 Å². The lowest BCUT2D eigenvalue weighted by Crippen LogP contribution is -2.24. The first-order valence-corrected chi connectivity index (χ1v) is 7.19. The van der Waals surface area contributed by atoms with Crippen molar-refractivity contribution >= 4 is 15.9 Å². The first kappa shape index (κ1) is 12.2. The second-order valence-corrected chi connectivity index (χ2v) is 6.36. The van der Waals surface area contributed by atoms with Crippen LogP contribution in [0.4, 0.5) is 0 Å². The van der Waals surface area contributed by atoms with Crippen molar-refractivity contribution in [3.8, 4) is 0 Å². The lowest BCUT2D eigenvalue weighted by Gasteiger charge is -2.31. The zero-order chi connectivity index (χ0) is 11.5. The Kier molecular flexibility index (Phi) is 4.06. The average molecular weight is 285 g/mol. The standard InChI is InChI=1S/C13H21BrN2/c1-10-3-6-13(14)11(9-10)4-5-12-7-8-15-16(12)2/h7-8,10-11,13H,3-6,9H2,1-2H3. The summed E-state index contributed by atoms with van der Waals surface area (Å²) in [5.41, 5.74) is 1.36. The second-order valence-electron chi connectivity index (χ2n) is 5.18. The van der Waals surface area contributed by atoms with E-state index in [2.05, 4.69) is 34.0 Å². The van der Waals surface area contributed by atoms with E-state index in [4.69, 9.17) is 0 Å². The van der Waals surface area contributed by atoms with Gasteiger partial charge in [0.1, 0.15) is 0 Å². The molecule has 1 saturated carbocycles. The summed E-state index contributed by atoms with van der Waals surface area (Å²) in [7, 11) is 2.03. The zero-order valence-corrected chi connectivity index (χ0v) is 11.8. The smallest absolute Gasteiger partial charge is 0.0492 e. The molecule has 2 rings (SSSR count). The SMILES string of the molecule is CC1CCC(Br)C(CCc2ccnn2C)C1. The minimum absolute atomic E-state index is 0.733. The van der Waals surface area contributed by atoms with E-state index in [9.17, 15) is 0 Å². The molecular formula is C13H21BrN2. The van der Waals surface area contributed by atoms with E-state index in [1.165, 1.54) is 31.4 Å². The van der Waals surface area contributed by atoms with E-state index in [1.54, 1.807) is 0 Å². The maximum Gasteiger partial charge on any atom is 0.0492 e. The number of alkyl halides is 1. The molecule has 16 heavy (non-hydrogen) atoms. The van der Waals surface area contributed by atoms with Crippen LogP contribution in [0.25, 0.3) is 0 Å². The van der Waals surface area contributed by atoms with Crippen molar-refractivity contribution in [1.29, 1.82) is 0 Å². The van der Waals surface area contributed by atoms with Crippen LogP contribution >= 0.6 is 15.9 Å². The Hall–Kier alpha value is -0.310. The summed E-state index contributed by atoms with van der Waals surface area (Å²) >= 11 is 3.84. The quantitative estimate of drug-likeness (QED) is 0.777. The largest absolute Gasteiger partial charge is 0.273 e. The highest BCUT2D eigenvalue weighted by atomic mass is 79.9. The third kappa shape index (κ3) is 2.88. The van der Waals surface area contributed by atoms with Gasteiger partial charge in [-0.1, -0.05) is 22.9 Å². The minimum Gasteiger partial charge on any atom is -0.273 e. The normalized spacial score (nSPS) is 30.6. The number of hydrogen-bond acceptors (Lipinski definition) is 1. The molecule has 1 aromatic rings. The summed E-state index contributed by atoms with van der Waals surface area (Å²) in [5, 5.41) is 4.22. The molecule has 0 radical (unpaired) electrons. The summed E-state index contributed by atoms with van der Waals surface area (Å²) in [6.07, 6.45) is 8.46. The summed E-state index contributed by atoms with van der Waals surface area (Å²) in [6, 6.07) is 2.13. The predicted octanol–water partition coefficient (Wildman–Crippen LogP) is 3.55. The van der Waals surface area contributed by atoms with Crippen molar-refractivity contribution in [3.63, 3.8) is 0 Å². The highest BCUT2D eigenvalue weighted by Gasteiger charge is 2.26. The van der Waals surface area contributed by atoms with Crippen LogP contribution < -0.4 is 0 Å². The van der Waals surface area contributed by atoms with Crippen LogP contribution in [0.2, 0.25) is 0 Å². The fourth-order valence-electron chi connectivity index (χ4n) is 2.74. The fourth-order valence-corrected chi connectivity index (χ4v) is 3.48. The van der Waals surface area contributed by atoms with Gasteiger partial charge in [-0.3, -0.25) is 4.68 Å². The Morgan fingerprint density at radius 1 is 1.50 bits per heavy atom. The number of halogens is 1.